The van der Waals surface area contributed by atoms with Gasteiger partial charge in [-0.2, -0.15) is 0 Å². The van der Waals surface area contributed by atoms with Crippen molar-refractivity contribution in [1.29, 1.82) is 0 Å². The van der Waals surface area contributed by atoms with Crippen molar-refractivity contribution < 1.29 is 9.59 Å². The average Bonchev–Trinajstić information content (AvgIpc) is 2.89. The fourth-order valence-corrected chi connectivity index (χ4v) is 5.64. The lowest BCUT2D eigenvalue weighted by Gasteiger charge is -2.32. The van der Waals surface area contributed by atoms with Gasteiger partial charge in [0, 0.05) is 30.1 Å². The Morgan fingerprint density at radius 1 is 1.17 bits per heavy atom. The Labute approximate surface area is 179 Å². The van der Waals surface area contributed by atoms with Gasteiger partial charge < -0.3 is 16.0 Å². The smallest absolute Gasteiger partial charge is 0.251 e. The highest BCUT2D eigenvalue weighted by Crippen LogP contribution is 2.38. The first kappa shape index (κ1) is 20.2. The van der Waals surface area contributed by atoms with Crippen molar-refractivity contribution in [3.05, 3.63) is 39.4 Å². The molecule has 154 valence electrons. The lowest BCUT2D eigenvalue weighted by Crippen LogP contribution is -2.38. The van der Waals surface area contributed by atoms with Gasteiger partial charge in [0.25, 0.3) is 5.91 Å². The van der Waals surface area contributed by atoms with Crippen molar-refractivity contribution in [3.8, 4) is 0 Å². The Hall–Kier alpha value is -2.12. The number of rotatable bonds is 4. The molecule has 1 aliphatic heterocycles. The summed E-state index contributed by atoms with van der Waals surface area (Å²) in [5.41, 5.74) is 7.26. The van der Waals surface area contributed by atoms with Gasteiger partial charge in [-0.15, -0.1) is 11.3 Å². The molecule has 0 unspecified atom stereocenters. The number of hydrogen-bond donors (Lipinski definition) is 2. The number of nitrogens with one attached hydrogen (secondary N) is 1. The molecule has 4 rings (SSSR count). The molecule has 1 aliphatic carbocycles. The number of fused-ring (bicyclic) bond motifs is 1. The molecule has 2 amide bonds. The van der Waals surface area contributed by atoms with Gasteiger partial charge in [-0.25, -0.2) is 4.98 Å². The number of thiophene rings is 1. The minimum Gasteiger partial charge on any atom is -0.365 e. The number of carbonyl (C=O) groups excluding carboxylic acids is 2. The molecule has 6 nitrogen and oxygen atoms in total. The van der Waals surface area contributed by atoms with E-state index >= 15 is 0 Å². The van der Waals surface area contributed by atoms with Gasteiger partial charge in [-0.3, -0.25) is 9.59 Å². The molecule has 0 saturated carbocycles. The first-order valence-electron chi connectivity index (χ1n) is 10.1. The van der Waals surface area contributed by atoms with Crippen molar-refractivity contribution in [2.45, 2.75) is 44.9 Å². The van der Waals surface area contributed by atoms with Gasteiger partial charge in [0.15, 0.2) is 0 Å². The van der Waals surface area contributed by atoms with Gasteiger partial charge in [0.05, 0.1) is 10.6 Å². The van der Waals surface area contributed by atoms with Gasteiger partial charge in [0.1, 0.15) is 10.8 Å². The first-order chi connectivity index (χ1) is 14.0. The maximum absolute atomic E-state index is 12.9. The SMILES string of the molecule is NC(=O)c1c(NC(=O)C2CCN(c3ccc(Cl)cn3)CC2)sc2c1CCCCC2. The highest BCUT2D eigenvalue weighted by atomic mass is 35.5. The molecule has 2 aromatic rings. The zero-order chi connectivity index (χ0) is 20.4. The van der Waals surface area contributed by atoms with Crippen LogP contribution in [0.2, 0.25) is 5.02 Å². The summed E-state index contributed by atoms with van der Waals surface area (Å²) in [6.45, 7) is 1.52. The Balaban J connectivity index is 1.42. The van der Waals surface area contributed by atoms with Crippen LogP contribution in [0.1, 0.15) is 52.9 Å². The summed E-state index contributed by atoms with van der Waals surface area (Å²) < 4.78 is 0. The Bertz CT molecular complexity index is 904. The number of aryl methyl sites for hydroxylation is 1. The molecule has 2 aliphatic rings. The van der Waals surface area contributed by atoms with Crippen LogP contribution in [0.15, 0.2) is 18.3 Å². The zero-order valence-electron chi connectivity index (χ0n) is 16.2. The fourth-order valence-electron chi connectivity index (χ4n) is 4.23. The van der Waals surface area contributed by atoms with E-state index in [4.69, 9.17) is 17.3 Å². The molecule has 29 heavy (non-hydrogen) atoms. The van der Waals surface area contributed by atoms with Crippen LogP contribution in [0.25, 0.3) is 0 Å². The maximum Gasteiger partial charge on any atom is 0.251 e. The second kappa shape index (κ2) is 8.71. The first-order valence-corrected chi connectivity index (χ1v) is 11.3. The Morgan fingerprint density at radius 2 is 1.93 bits per heavy atom. The van der Waals surface area contributed by atoms with Gasteiger partial charge in [-0.05, 0) is 56.2 Å². The van der Waals surface area contributed by atoms with E-state index in [1.807, 2.05) is 12.1 Å². The number of nitrogens with two attached hydrogens (primary N) is 1. The molecule has 1 fully saturated rings. The number of hydrogen-bond acceptors (Lipinski definition) is 5. The molecule has 3 heterocycles. The third-order valence-corrected chi connectivity index (χ3v) is 7.24. The number of pyridine rings is 1. The van der Waals surface area contributed by atoms with E-state index in [1.54, 1.807) is 6.20 Å². The van der Waals surface area contributed by atoms with Crippen molar-refractivity contribution >= 4 is 45.6 Å². The molecule has 0 atom stereocenters. The topological polar surface area (TPSA) is 88.3 Å². The third kappa shape index (κ3) is 4.41. The molecule has 0 bridgehead atoms. The number of amides is 2. The van der Waals surface area contributed by atoms with E-state index in [2.05, 4.69) is 15.2 Å². The predicted octanol–water partition coefficient (Wildman–Crippen LogP) is 4.02. The van der Waals surface area contributed by atoms with Crippen molar-refractivity contribution in [2.75, 3.05) is 23.3 Å². The fraction of sp³-hybridized carbons (Fsp3) is 0.476. The molecule has 0 radical (unpaired) electrons. The highest BCUT2D eigenvalue weighted by Gasteiger charge is 2.29. The van der Waals surface area contributed by atoms with E-state index in [0.29, 0.717) is 15.6 Å². The summed E-state index contributed by atoms with van der Waals surface area (Å²) in [5, 5.41) is 4.28. The number of aromatic nitrogens is 1. The largest absolute Gasteiger partial charge is 0.365 e. The molecule has 8 heteroatoms. The number of anilines is 2. The van der Waals surface area contributed by atoms with Crippen LogP contribution in [0.5, 0.6) is 0 Å². The van der Waals surface area contributed by atoms with Gasteiger partial charge in [-0.1, -0.05) is 18.0 Å². The van der Waals surface area contributed by atoms with Gasteiger partial charge in [0.2, 0.25) is 5.91 Å². The third-order valence-electron chi connectivity index (χ3n) is 5.81. The number of carbonyl (C=O) groups is 2. The summed E-state index contributed by atoms with van der Waals surface area (Å²) in [7, 11) is 0. The number of piperidine rings is 1. The maximum atomic E-state index is 12.9. The number of nitrogens with zero attached hydrogens (tertiary/aromatic N) is 2. The van der Waals surface area contributed by atoms with Crippen LogP contribution in [0.3, 0.4) is 0 Å². The minimum absolute atomic E-state index is 0.0207. The highest BCUT2D eigenvalue weighted by molar-refractivity contribution is 7.17. The zero-order valence-corrected chi connectivity index (χ0v) is 17.8. The summed E-state index contributed by atoms with van der Waals surface area (Å²) in [6.07, 6.45) is 8.31. The van der Waals surface area contributed by atoms with E-state index in [0.717, 1.165) is 63.0 Å². The van der Waals surface area contributed by atoms with E-state index in [1.165, 1.54) is 22.6 Å². The summed E-state index contributed by atoms with van der Waals surface area (Å²) in [4.78, 5) is 32.7. The van der Waals surface area contributed by atoms with Crippen molar-refractivity contribution in [2.24, 2.45) is 11.7 Å². The van der Waals surface area contributed by atoms with Crippen LogP contribution < -0.4 is 16.0 Å². The quantitative estimate of drug-likeness (QED) is 0.714. The molecule has 0 spiro atoms. The van der Waals surface area contributed by atoms with E-state index < -0.39 is 5.91 Å². The molecular weight excluding hydrogens is 408 g/mol. The van der Waals surface area contributed by atoms with Crippen LogP contribution in [0.4, 0.5) is 10.8 Å². The predicted molar refractivity (Wildman–Crippen MR) is 117 cm³/mol. The van der Waals surface area contributed by atoms with Crippen LogP contribution in [-0.4, -0.2) is 29.9 Å². The normalized spacial score (nSPS) is 17.5. The molecule has 2 aromatic heterocycles. The summed E-state index contributed by atoms with van der Waals surface area (Å²) in [6, 6.07) is 3.73. The molecular formula is C21H25ClN4O2S. The van der Waals surface area contributed by atoms with Crippen LogP contribution in [0, 0.1) is 5.92 Å². The second-order valence-electron chi connectivity index (χ2n) is 7.72. The van der Waals surface area contributed by atoms with Crippen molar-refractivity contribution in [3.63, 3.8) is 0 Å². The second-order valence-corrected chi connectivity index (χ2v) is 9.26. The lowest BCUT2D eigenvalue weighted by atomic mass is 9.95. The van der Waals surface area contributed by atoms with E-state index in [9.17, 15) is 9.59 Å². The summed E-state index contributed by atoms with van der Waals surface area (Å²) in [5.74, 6) is 0.336. The minimum atomic E-state index is -0.441. The standard InChI is InChI=1S/C21H25ClN4O2S/c22-14-6-7-17(24-12-14)26-10-8-13(9-11-26)20(28)25-21-18(19(23)27)15-4-2-1-3-5-16(15)29-21/h6-7,12-13H,1-5,8-11H2,(H2,23,27)(H,25,28). The molecule has 0 aromatic carbocycles. The Kier molecular flexibility index (Phi) is 6.06. The number of primary amides is 1. The monoisotopic (exact) mass is 432 g/mol. The molecule has 3 N–H and O–H groups in total. The summed E-state index contributed by atoms with van der Waals surface area (Å²) >= 11 is 7.44. The van der Waals surface area contributed by atoms with Crippen LogP contribution in [-0.2, 0) is 17.6 Å². The van der Waals surface area contributed by atoms with Crippen LogP contribution >= 0.6 is 22.9 Å². The van der Waals surface area contributed by atoms with Crippen molar-refractivity contribution in [1.82, 2.24) is 4.98 Å². The number of halogens is 1. The lowest BCUT2D eigenvalue weighted by molar-refractivity contribution is -0.120. The molecule has 1 saturated heterocycles. The van der Waals surface area contributed by atoms with E-state index in [-0.39, 0.29) is 11.8 Å². The Morgan fingerprint density at radius 3 is 2.62 bits per heavy atom. The van der Waals surface area contributed by atoms with Gasteiger partial charge >= 0.3 is 0 Å². The average molecular weight is 433 g/mol.